The number of pyridine rings is 1. The summed E-state index contributed by atoms with van der Waals surface area (Å²) in [5.41, 5.74) is 5.52. The van der Waals surface area contributed by atoms with Crippen LogP contribution in [-0.2, 0) is 10.2 Å². The van der Waals surface area contributed by atoms with E-state index in [0.29, 0.717) is 12.8 Å². The smallest absolute Gasteiger partial charge is 0.354 e. The summed E-state index contributed by atoms with van der Waals surface area (Å²) in [6, 6.07) is 36.2. The molecule has 0 unspecified atom stereocenters. The molecule has 7 rings (SSSR count). The lowest BCUT2D eigenvalue weighted by molar-refractivity contribution is -0.141. The third-order valence-corrected chi connectivity index (χ3v) is 9.66. The lowest BCUT2D eigenvalue weighted by Gasteiger charge is -2.36. The molecule has 1 aliphatic heterocycles. The fourth-order valence-corrected chi connectivity index (χ4v) is 7.37. The summed E-state index contributed by atoms with van der Waals surface area (Å²) in [4.78, 5) is 23.6. The molecule has 1 fully saturated rings. The largest absolute Gasteiger partial charge is 0.405 e. The molecule has 0 atom stereocenters. The standard InChI is InChI=1S/C39H37F3N4O/c40-39(41,42)27-43-37(47)38(33-17-6-4-14-31(33)32-15-5-7-18-34(32)38)21-8-9-22-45-23-25-46(26-24-45)35-20-19-29-13-10-16-30(36(29)44-35)28-11-2-1-3-12-28/h1-7,10-20H,8-9,21-27H2,(H,43,47). The van der Waals surface area contributed by atoms with Gasteiger partial charge in [0.05, 0.1) is 5.52 Å². The Hall–Kier alpha value is -4.69. The molecule has 5 aromatic rings. The number of anilines is 1. The van der Waals surface area contributed by atoms with E-state index in [1.165, 1.54) is 0 Å². The Labute approximate surface area is 273 Å². The highest BCUT2D eigenvalue weighted by Gasteiger charge is 2.49. The topological polar surface area (TPSA) is 48.5 Å². The number of nitrogens with zero attached hydrogens (tertiary/aromatic N) is 3. The predicted molar refractivity (Wildman–Crippen MR) is 181 cm³/mol. The number of benzene rings is 4. The minimum atomic E-state index is -4.48. The van der Waals surface area contributed by atoms with Crippen molar-refractivity contribution < 1.29 is 18.0 Å². The maximum atomic E-state index is 13.8. The second-order valence-electron chi connectivity index (χ2n) is 12.5. The van der Waals surface area contributed by atoms with E-state index in [9.17, 15) is 18.0 Å². The SMILES string of the molecule is O=C(NCC(F)(F)F)C1(CCCCN2CCN(c3ccc4cccc(-c5ccccc5)c4n3)CC2)c2ccccc2-c2ccccc21. The summed E-state index contributed by atoms with van der Waals surface area (Å²) >= 11 is 0. The van der Waals surface area contributed by atoms with Crippen LogP contribution in [0.4, 0.5) is 19.0 Å². The van der Waals surface area contributed by atoms with E-state index < -0.39 is 24.0 Å². The number of halogens is 3. The molecule has 0 saturated carbocycles. The lowest BCUT2D eigenvalue weighted by atomic mass is 9.73. The van der Waals surface area contributed by atoms with Crippen LogP contribution in [0.5, 0.6) is 0 Å². The van der Waals surface area contributed by atoms with E-state index >= 15 is 0 Å². The highest BCUT2D eigenvalue weighted by Crippen LogP contribution is 2.51. The number of fused-ring (bicyclic) bond motifs is 4. The molecule has 2 heterocycles. The third-order valence-electron chi connectivity index (χ3n) is 9.66. The Balaban J connectivity index is 1.01. The van der Waals surface area contributed by atoms with E-state index in [0.717, 1.165) is 89.2 Å². The maximum Gasteiger partial charge on any atom is 0.405 e. The molecule has 0 radical (unpaired) electrons. The fraction of sp³-hybridized carbons (Fsp3) is 0.282. The van der Waals surface area contributed by atoms with Crippen molar-refractivity contribution in [2.24, 2.45) is 0 Å². The number of piperazine rings is 1. The Morgan fingerprint density at radius 2 is 1.36 bits per heavy atom. The van der Waals surface area contributed by atoms with Crippen LogP contribution < -0.4 is 10.2 Å². The van der Waals surface area contributed by atoms with Gasteiger partial charge in [-0.2, -0.15) is 13.2 Å². The molecule has 4 aromatic carbocycles. The van der Waals surface area contributed by atoms with Crippen molar-refractivity contribution in [2.45, 2.75) is 30.9 Å². The van der Waals surface area contributed by atoms with Crippen LogP contribution in [0.15, 0.2) is 109 Å². The first-order valence-electron chi connectivity index (χ1n) is 16.3. The van der Waals surface area contributed by atoms with Gasteiger partial charge in [-0.1, -0.05) is 103 Å². The molecule has 47 heavy (non-hydrogen) atoms. The number of rotatable bonds is 9. The number of nitrogens with one attached hydrogen (secondary N) is 1. The van der Waals surface area contributed by atoms with E-state index in [1.807, 2.05) is 66.7 Å². The number of alkyl halides is 3. The Morgan fingerprint density at radius 1 is 0.723 bits per heavy atom. The van der Waals surface area contributed by atoms with Crippen molar-refractivity contribution >= 4 is 22.6 Å². The quantitative estimate of drug-likeness (QED) is 0.168. The first-order chi connectivity index (χ1) is 22.8. The van der Waals surface area contributed by atoms with Gasteiger partial charge in [0.15, 0.2) is 0 Å². The van der Waals surface area contributed by atoms with Gasteiger partial charge in [0, 0.05) is 37.1 Å². The van der Waals surface area contributed by atoms with Crippen LogP contribution in [0.3, 0.4) is 0 Å². The summed E-state index contributed by atoms with van der Waals surface area (Å²) in [5, 5.41) is 3.35. The second-order valence-corrected chi connectivity index (χ2v) is 12.5. The van der Waals surface area contributed by atoms with Gasteiger partial charge in [0.1, 0.15) is 17.8 Å². The van der Waals surface area contributed by atoms with Crippen molar-refractivity contribution in [3.05, 3.63) is 120 Å². The van der Waals surface area contributed by atoms with E-state index in [1.54, 1.807) is 0 Å². The minimum absolute atomic E-state index is 0.440. The van der Waals surface area contributed by atoms with Crippen molar-refractivity contribution in [2.75, 3.05) is 44.2 Å². The molecule has 0 bridgehead atoms. The van der Waals surface area contributed by atoms with Crippen LogP contribution in [-0.4, -0.2) is 61.2 Å². The van der Waals surface area contributed by atoms with Crippen LogP contribution in [0.1, 0.15) is 30.4 Å². The van der Waals surface area contributed by atoms with Gasteiger partial charge in [0.25, 0.3) is 0 Å². The molecular weight excluding hydrogens is 597 g/mol. The van der Waals surface area contributed by atoms with Crippen LogP contribution >= 0.6 is 0 Å². The van der Waals surface area contributed by atoms with E-state index in [2.05, 4.69) is 57.6 Å². The zero-order valence-electron chi connectivity index (χ0n) is 26.1. The van der Waals surface area contributed by atoms with Gasteiger partial charge in [0.2, 0.25) is 5.91 Å². The van der Waals surface area contributed by atoms with Crippen molar-refractivity contribution in [1.82, 2.24) is 15.2 Å². The second kappa shape index (κ2) is 12.8. The summed E-state index contributed by atoms with van der Waals surface area (Å²) in [6.45, 7) is 3.02. The number of carbonyl (C=O) groups excluding carboxylic acids is 1. The molecule has 1 saturated heterocycles. The Morgan fingerprint density at radius 3 is 2.04 bits per heavy atom. The van der Waals surface area contributed by atoms with Crippen LogP contribution in [0, 0.1) is 0 Å². The number of para-hydroxylation sites is 1. The molecule has 8 heteroatoms. The summed E-state index contributed by atoms with van der Waals surface area (Å²) in [5.74, 6) is 0.394. The molecule has 1 aromatic heterocycles. The molecule has 240 valence electrons. The first kappa shape index (κ1) is 30.9. The molecule has 1 amide bonds. The average Bonchev–Trinajstić information content (AvgIpc) is 3.39. The number of unbranched alkanes of at least 4 members (excludes halogenated alkanes) is 1. The van der Waals surface area contributed by atoms with E-state index in [4.69, 9.17) is 4.98 Å². The number of carbonyl (C=O) groups is 1. The van der Waals surface area contributed by atoms with Gasteiger partial charge < -0.3 is 10.2 Å². The van der Waals surface area contributed by atoms with Gasteiger partial charge >= 0.3 is 6.18 Å². The van der Waals surface area contributed by atoms with Gasteiger partial charge in [-0.05, 0) is 59.3 Å². The Kier molecular flexibility index (Phi) is 8.45. The first-order valence-corrected chi connectivity index (χ1v) is 16.3. The summed E-state index contributed by atoms with van der Waals surface area (Å²) < 4.78 is 39.6. The monoisotopic (exact) mass is 634 g/mol. The highest BCUT2D eigenvalue weighted by atomic mass is 19.4. The average molecular weight is 635 g/mol. The van der Waals surface area contributed by atoms with Crippen molar-refractivity contribution in [3.63, 3.8) is 0 Å². The fourth-order valence-electron chi connectivity index (χ4n) is 7.37. The third kappa shape index (κ3) is 6.10. The lowest BCUT2D eigenvalue weighted by Crippen LogP contribution is -2.48. The zero-order chi connectivity index (χ0) is 32.4. The number of amides is 1. The van der Waals surface area contributed by atoms with Crippen LogP contribution in [0.25, 0.3) is 33.2 Å². The van der Waals surface area contributed by atoms with Crippen molar-refractivity contribution in [3.8, 4) is 22.3 Å². The summed E-state index contributed by atoms with van der Waals surface area (Å²) in [6.07, 6.45) is -2.50. The van der Waals surface area contributed by atoms with Crippen molar-refractivity contribution in [1.29, 1.82) is 0 Å². The molecule has 2 aliphatic rings. The normalized spacial score (nSPS) is 15.8. The molecule has 1 N–H and O–H groups in total. The Bertz CT molecular complexity index is 1840. The molecular formula is C39H37F3N4O. The van der Waals surface area contributed by atoms with Gasteiger partial charge in [-0.3, -0.25) is 9.69 Å². The molecule has 0 spiro atoms. The number of hydrogen-bond donors (Lipinski definition) is 1. The zero-order valence-corrected chi connectivity index (χ0v) is 26.1. The number of hydrogen-bond acceptors (Lipinski definition) is 4. The maximum absolute atomic E-state index is 13.8. The molecule has 5 nitrogen and oxygen atoms in total. The van der Waals surface area contributed by atoms with Gasteiger partial charge in [-0.15, -0.1) is 0 Å². The highest BCUT2D eigenvalue weighted by molar-refractivity contribution is 6.00. The van der Waals surface area contributed by atoms with Gasteiger partial charge in [-0.25, -0.2) is 4.98 Å². The van der Waals surface area contributed by atoms with Crippen LogP contribution in [0.2, 0.25) is 0 Å². The molecule has 1 aliphatic carbocycles. The predicted octanol–water partition coefficient (Wildman–Crippen LogP) is 7.84. The summed E-state index contributed by atoms with van der Waals surface area (Å²) in [7, 11) is 0. The minimum Gasteiger partial charge on any atom is -0.354 e. The van der Waals surface area contributed by atoms with E-state index in [-0.39, 0.29) is 0 Å². The number of aromatic nitrogens is 1.